The van der Waals surface area contributed by atoms with Crippen LogP contribution in [0, 0.1) is 13.8 Å². The lowest BCUT2D eigenvalue weighted by Gasteiger charge is -2.15. The molecule has 4 rings (SSSR count). The zero-order valence-electron chi connectivity index (χ0n) is 15.5. The molecule has 0 saturated carbocycles. The molecule has 2 heterocycles. The maximum Gasteiger partial charge on any atom is 0.228 e. The number of carbonyl (C=O) groups excluding carboxylic acids is 1. The van der Waals surface area contributed by atoms with Crippen LogP contribution in [-0.4, -0.2) is 25.7 Å². The van der Waals surface area contributed by atoms with Crippen LogP contribution in [0.25, 0.3) is 16.6 Å². The van der Waals surface area contributed by atoms with Crippen LogP contribution in [0.15, 0.2) is 55.1 Å². The van der Waals surface area contributed by atoms with Crippen molar-refractivity contribution in [1.82, 2.24) is 19.7 Å². The van der Waals surface area contributed by atoms with Gasteiger partial charge in [-0.25, -0.2) is 9.67 Å². The molecule has 0 aliphatic rings. The van der Waals surface area contributed by atoms with Crippen LogP contribution in [0.5, 0.6) is 0 Å². The molecule has 0 unspecified atom stereocenters. The van der Waals surface area contributed by atoms with Crippen LogP contribution in [-0.2, 0) is 11.2 Å². The highest BCUT2D eigenvalue weighted by atomic mass is 35.5. The molecule has 1 N–H and O–H groups in total. The number of hydrogen-bond acceptors (Lipinski definition) is 4. The van der Waals surface area contributed by atoms with Gasteiger partial charge in [0, 0.05) is 11.1 Å². The first kappa shape index (κ1) is 18.1. The molecule has 7 heteroatoms. The van der Waals surface area contributed by atoms with E-state index in [1.54, 1.807) is 24.5 Å². The number of aryl methyl sites for hydroxylation is 2. The molecule has 140 valence electrons. The van der Waals surface area contributed by atoms with Crippen LogP contribution in [0.4, 0.5) is 5.69 Å². The van der Waals surface area contributed by atoms with Gasteiger partial charge < -0.3 is 5.32 Å². The van der Waals surface area contributed by atoms with Crippen molar-refractivity contribution in [3.05, 3.63) is 77.0 Å². The summed E-state index contributed by atoms with van der Waals surface area (Å²) >= 11 is 6.33. The minimum absolute atomic E-state index is 0.146. The van der Waals surface area contributed by atoms with Gasteiger partial charge in [0.15, 0.2) is 0 Å². The quantitative estimate of drug-likeness (QED) is 0.564. The van der Waals surface area contributed by atoms with Gasteiger partial charge in [-0.3, -0.25) is 9.78 Å². The van der Waals surface area contributed by atoms with E-state index >= 15 is 0 Å². The molecule has 6 nitrogen and oxygen atoms in total. The summed E-state index contributed by atoms with van der Waals surface area (Å²) in [6.45, 7) is 3.96. The van der Waals surface area contributed by atoms with Crippen molar-refractivity contribution in [1.29, 1.82) is 0 Å². The Hall–Kier alpha value is -3.25. The summed E-state index contributed by atoms with van der Waals surface area (Å²) in [6.07, 6.45) is 3.18. The zero-order valence-corrected chi connectivity index (χ0v) is 16.2. The Bertz CT molecular complexity index is 1170. The van der Waals surface area contributed by atoms with Gasteiger partial charge in [0.1, 0.15) is 18.3 Å². The second-order valence-corrected chi connectivity index (χ2v) is 6.93. The van der Waals surface area contributed by atoms with Crippen LogP contribution in [0.2, 0.25) is 5.02 Å². The van der Waals surface area contributed by atoms with E-state index in [2.05, 4.69) is 20.4 Å². The molecule has 0 aliphatic heterocycles. The lowest BCUT2D eigenvalue weighted by Crippen LogP contribution is -2.18. The molecular formula is C21H18ClN5O. The van der Waals surface area contributed by atoms with Gasteiger partial charge in [-0.15, -0.1) is 0 Å². The Kier molecular flexibility index (Phi) is 4.79. The fourth-order valence-corrected chi connectivity index (χ4v) is 3.62. The summed E-state index contributed by atoms with van der Waals surface area (Å²) in [4.78, 5) is 21.4. The number of para-hydroxylation sites is 2. The van der Waals surface area contributed by atoms with Gasteiger partial charge in [-0.05, 0) is 43.2 Å². The highest BCUT2D eigenvalue weighted by Crippen LogP contribution is 2.28. The van der Waals surface area contributed by atoms with Gasteiger partial charge in [0.2, 0.25) is 5.91 Å². The standard InChI is InChI=1S/C21H18ClN5O/c1-13-15-6-3-4-8-18(15)25-14(2)16(13)10-20(28)26-19-9-5-7-17(22)21(19)27-12-23-11-24-27/h3-9,11-12H,10H2,1-2H3,(H,26,28). The number of nitrogens with zero attached hydrogens (tertiary/aromatic N) is 4. The second kappa shape index (κ2) is 7.40. The van der Waals surface area contributed by atoms with E-state index in [0.29, 0.717) is 16.4 Å². The molecule has 0 saturated heterocycles. The number of benzene rings is 2. The van der Waals surface area contributed by atoms with E-state index < -0.39 is 0 Å². The van der Waals surface area contributed by atoms with E-state index in [1.807, 2.05) is 38.1 Å². The minimum Gasteiger partial charge on any atom is -0.324 e. The third-order valence-electron chi connectivity index (χ3n) is 4.73. The lowest BCUT2D eigenvalue weighted by molar-refractivity contribution is -0.115. The summed E-state index contributed by atoms with van der Waals surface area (Å²) in [5.41, 5.74) is 4.95. The van der Waals surface area contributed by atoms with Gasteiger partial charge in [0.25, 0.3) is 0 Å². The third kappa shape index (κ3) is 3.34. The van der Waals surface area contributed by atoms with Gasteiger partial charge >= 0.3 is 0 Å². The first-order chi connectivity index (χ1) is 13.5. The zero-order chi connectivity index (χ0) is 19.7. The first-order valence-corrected chi connectivity index (χ1v) is 9.20. The highest BCUT2D eigenvalue weighted by molar-refractivity contribution is 6.33. The monoisotopic (exact) mass is 391 g/mol. The molecule has 2 aromatic heterocycles. The van der Waals surface area contributed by atoms with Crippen molar-refractivity contribution < 1.29 is 4.79 Å². The average molecular weight is 392 g/mol. The molecule has 4 aromatic rings. The molecule has 0 aliphatic carbocycles. The van der Waals surface area contributed by atoms with Crippen LogP contribution in [0.3, 0.4) is 0 Å². The minimum atomic E-state index is -0.146. The molecule has 0 fully saturated rings. The van der Waals surface area contributed by atoms with E-state index in [9.17, 15) is 4.79 Å². The third-order valence-corrected chi connectivity index (χ3v) is 5.04. The van der Waals surface area contributed by atoms with E-state index in [1.165, 1.54) is 11.0 Å². The number of aromatic nitrogens is 4. The number of halogens is 1. The number of anilines is 1. The summed E-state index contributed by atoms with van der Waals surface area (Å²) in [5.74, 6) is -0.146. The normalized spacial score (nSPS) is 11.0. The van der Waals surface area contributed by atoms with Gasteiger partial charge in [-0.2, -0.15) is 5.10 Å². The van der Waals surface area contributed by atoms with E-state index in [0.717, 1.165) is 27.7 Å². The molecule has 1 amide bonds. The number of fused-ring (bicyclic) bond motifs is 1. The highest BCUT2D eigenvalue weighted by Gasteiger charge is 2.16. The fourth-order valence-electron chi connectivity index (χ4n) is 3.36. The maximum atomic E-state index is 12.8. The Morgan fingerprint density at radius 3 is 2.75 bits per heavy atom. The van der Waals surface area contributed by atoms with Crippen molar-refractivity contribution in [2.24, 2.45) is 0 Å². The van der Waals surface area contributed by atoms with Crippen molar-refractivity contribution in [2.75, 3.05) is 5.32 Å². The van der Waals surface area contributed by atoms with Crippen molar-refractivity contribution in [2.45, 2.75) is 20.3 Å². The molecule has 0 bridgehead atoms. The summed E-state index contributed by atoms with van der Waals surface area (Å²) in [6, 6.07) is 13.3. The Morgan fingerprint density at radius 1 is 1.14 bits per heavy atom. The Morgan fingerprint density at radius 2 is 1.96 bits per heavy atom. The molecular weight excluding hydrogens is 374 g/mol. The Balaban J connectivity index is 1.65. The smallest absolute Gasteiger partial charge is 0.228 e. The molecule has 0 spiro atoms. The SMILES string of the molecule is Cc1nc2ccccc2c(C)c1CC(=O)Nc1cccc(Cl)c1-n1cncn1. The predicted molar refractivity (Wildman–Crippen MR) is 110 cm³/mol. The van der Waals surface area contributed by atoms with Crippen molar-refractivity contribution in [3.8, 4) is 5.69 Å². The Labute approximate surface area is 167 Å². The van der Waals surface area contributed by atoms with E-state index in [4.69, 9.17) is 11.6 Å². The number of rotatable bonds is 4. The lowest BCUT2D eigenvalue weighted by atomic mass is 9.99. The first-order valence-electron chi connectivity index (χ1n) is 8.83. The molecule has 2 aromatic carbocycles. The number of carbonyl (C=O) groups is 1. The topological polar surface area (TPSA) is 72.7 Å². The van der Waals surface area contributed by atoms with Gasteiger partial charge in [-0.1, -0.05) is 35.9 Å². The molecule has 0 radical (unpaired) electrons. The molecule has 0 atom stereocenters. The van der Waals surface area contributed by atoms with Crippen LogP contribution >= 0.6 is 11.6 Å². The van der Waals surface area contributed by atoms with E-state index in [-0.39, 0.29) is 12.3 Å². The van der Waals surface area contributed by atoms with Crippen LogP contribution < -0.4 is 5.32 Å². The number of pyridine rings is 1. The number of amides is 1. The fraction of sp³-hybridized carbons (Fsp3) is 0.143. The van der Waals surface area contributed by atoms with Crippen molar-refractivity contribution in [3.63, 3.8) is 0 Å². The summed E-state index contributed by atoms with van der Waals surface area (Å²) in [7, 11) is 0. The van der Waals surface area contributed by atoms with Gasteiger partial charge in [0.05, 0.1) is 22.6 Å². The number of hydrogen-bond donors (Lipinski definition) is 1. The second-order valence-electron chi connectivity index (χ2n) is 6.52. The number of nitrogens with one attached hydrogen (secondary N) is 1. The summed E-state index contributed by atoms with van der Waals surface area (Å²) < 4.78 is 1.53. The van der Waals surface area contributed by atoms with Crippen molar-refractivity contribution >= 4 is 34.1 Å². The molecule has 28 heavy (non-hydrogen) atoms. The largest absolute Gasteiger partial charge is 0.324 e. The van der Waals surface area contributed by atoms with Crippen LogP contribution in [0.1, 0.15) is 16.8 Å². The average Bonchev–Trinajstić information content (AvgIpc) is 3.19. The maximum absolute atomic E-state index is 12.8. The predicted octanol–water partition coefficient (Wildman–Crippen LogP) is 4.27. The summed E-state index contributed by atoms with van der Waals surface area (Å²) in [5, 5.41) is 8.60.